The average Bonchev–Trinajstić information content (AvgIpc) is 3.58. The van der Waals surface area contributed by atoms with Crippen LogP contribution in [0.4, 0.5) is 17.1 Å². The Bertz CT molecular complexity index is 1670. The van der Waals surface area contributed by atoms with Crippen molar-refractivity contribution in [3.8, 4) is 22.5 Å². The van der Waals surface area contributed by atoms with Crippen LogP contribution in [0.5, 0.6) is 0 Å². The first kappa shape index (κ1) is 27.0. The molecule has 0 radical (unpaired) electrons. The Hall–Kier alpha value is -5.21. The first-order chi connectivity index (χ1) is 20.5. The van der Waals surface area contributed by atoms with Gasteiger partial charge in [-0.05, 0) is 96.4 Å². The number of aromatic nitrogens is 1. The van der Waals surface area contributed by atoms with Crippen LogP contribution >= 0.6 is 0 Å². The number of aryl methyl sites for hydroxylation is 1. The highest BCUT2D eigenvalue weighted by Gasteiger charge is 2.14. The molecule has 1 fully saturated rings. The second kappa shape index (κ2) is 12.1. The zero-order valence-corrected chi connectivity index (χ0v) is 23.2. The zero-order valence-electron chi connectivity index (χ0n) is 23.2. The van der Waals surface area contributed by atoms with Gasteiger partial charge in [0.15, 0.2) is 5.76 Å². The third-order valence-corrected chi connectivity index (χ3v) is 7.32. The Kier molecular flexibility index (Phi) is 7.79. The molecule has 4 aromatic carbocycles. The lowest BCUT2D eigenvalue weighted by molar-refractivity contribution is 0.101. The first-order valence-electron chi connectivity index (χ1n) is 13.8. The number of benzene rings is 4. The normalized spacial score (nSPS) is 13.0. The van der Waals surface area contributed by atoms with Crippen molar-refractivity contribution >= 4 is 28.9 Å². The molecule has 8 heteroatoms. The van der Waals surface area contributed by atoms with Gasteiger partial charge in [-0.15, -0.1) is 0 Å². The summed E-state index contributed by atoms with van der Waals surface area (Å²) >= 11 is 0. The van der Waals surface area contributed by atoms with E-state index in [1.54, 1.807) is 24.4 Å². The summed E-state index contributed by atoms with van der Waals surface area (Å²) in [6, 6.07) is 30.1. The number of nitrogens with zero attached hydrogens (tertiary/aromatic N) is 2. The van der Waals surface area contributed by atoms with Gasteiger partial charge in [0.2, 0.25) is 0 Å². The summed E-state index contributed by atoms with van der Waals surface area (Å²) in [5.74, 6) is 0.276. The Morgan fingerprint density at radius 2 is 1.31 bits per heavy atom. The van der Waals surface area contributed by atoms with Gasteiger partial charge < -0.3 is 24.8 Å². The largest absolute Gasteiger partial charge is 0.378 e. The van der Waals surface area contributed by atoms with Crippen LogP contribution in [0.3, 0.4) is 0 Å². The fourth-order valence-corrected chi connectivity index (χ4v) is 4.94. The molecule has 0 atom stereocenters. The molecule has 8 nitrogen and oxygen atoms in total. The predicted molar refractivity (Wildman–Crippen MR) is 164 cm³/mol. The molecule has 5 aromatic rings. The predicted octanol–water partition coefficient (Wildman–Crippen LogP) is 6.66. The monoisotopic (exact) mass is 558 g/mol. The molecule has 1 aliphatic rings. The number of carbonyl (C=O) groups excluding carboxylic acids is 2. The van der Waals surface area contributed by atoms with Gasteiger partial charge in [-0.2, -0.15) is 0 Å². The fraction of sp³-hybridized carbons (Fsp3) is 0.147. The lowest BCUT2D eigenvalue weighted by Gasteiger charge is -2.28. The molecule has 0 spiro atoms. The van der Waals surface area contributed by atoms with Crippen molar-refractivity contribution in [1.82, 2.24) is 5.16 Å². The summed E-state index contributed by atoms with van der Waals surface area (Å²) in [5, 5.41) is 9.65. The Morgan fingerprint density at radius 3 is 1.95 bits per heavy atom. The van der Waals surface area contributed by atoms with Gasteiger partial charge in [0.05, 0.1) is 19.4 Å². The molecule has 210 valence electrons. The summed E-state index contributed by atoms with van der Waals surface area (Å²) in [7, 11) is 0. The molecule has 1 aliphatic heterocycles. The van der Waals surface area contributed by atoms with Crippen LogP contribution in [0, 0.1) is 6.92 Å². The quantitative estimate of drug-likeness (QED) is 0.232. The van der Waals surface area contributed by atoms with Crippen LogP contribution in [-0.2, 0) is 4.74 Å². The van der Waals surface area contributed by atoms with E-state index < -0.39 is 0 Å². The molecule has 0 unspecified atom stereocenters. The highest BCUT2D eigenvalue weighted by Crippen LogP contribution is 2.27. The van der Waals surface area contributed by atoms with E-state index in [1.165, 1.54) is 0 Å². The van der Waals surface area contributed by atoms with Gasteiger partial charge in [0, 0.05) is 52.9 Å². The van der Waals surface area contributed by atoms with E-state index in [0.29, 0.717) is 22.6 Å². The van der Waals surface area contributed by atoms with Crippen LogP contribution in [-0.4, -0.2) is 43.3 Å². The summed E-state index contributed by atoms with van der Waals surface area (Å²) in [6.07, 6.45) is 1.59. The van der Waals surface area contributed by atoms with Crippen molar-refractivity contribution < 1.29 is 18.8 Å². The van der Waals surface area contributed by atoms with Gasteiger partial charge in [0.1, 0.15) is 0 Å². The summed E-state index contributed by atoms with van der Waals surface area (Å²) in [4.78, 5) is 28.2. The highest BCUT2D eigenvalue weighted by atomic mass is 16.5. The summed E-state index contributed by atoms with van der Waals surface area (Å²) < 4.78 is 10.6. The van der Waals surface area contributed by atoms with E-state index >= 15 is 0 Å². The molecule has 1 saturated heterocycles. The summed E-state index contributed by atoms with van der Waals surface area (Å²) in [5.41, 5.74) is 7.39. The average molecular weight is 559 g/mol. The Morgan fingerprint density at radius 1 is 0.714 bits per heavy atom. The molecule has 1 aromatic heterocycles. The fourth-order valence-electron chi connectivity index (χ4n) is 4.94. The highest BCUT2D eigenvalue weighted by molar-refractivity contribution is 6.06. The maximum atomic E-state index is 13.1. The topological polar surface area (TPSA) is 96.7 Å². The molecule has 42 heavy (non-hydrogen) atoms. The van der Waals surface area contributed by atoms with Crippen LogP contribution in [0.1, 0.15) is 26.3 Å². The van der Waals surface area contributed by atoms with Crippen molar-refractivity contribution in [2.45, 2.75) is 6.92 Å². The van der Waals surface area contributed by atoms with Crippen LogP contribution in [0.15, 0.2) is 108 Å². The lowest BCUT2D eigenvalue weighted by Crippen LogP contribution is -2.36. The van der Waals surface area contributed by atoms with E-state index in [9.17, 15) is 9.59 Å². The number of nitrogens with one attached hydrogen (secondary N) is 2. The van der Waals surface area contributed by atoms with Gasteiger partial charge in [-0.3, -0.25) is 9.59 Å². The van der Waals surface area contributed by atoms with Crippen molar-refractivity contribution in [3.63, 3.8) is 0 Å². The number of morpholine rings is 1. The van der Waals surface area contributed by atoms with Crippen molar-refractivity contribution in [2.75, 3.05) is 41.8 Å². The van der Waals surface area contributed by atoms with Gasteiger partial charge >= 0.3 is 0 Å². The smallest absolute Gasteiger partial charge is 0.255 e. The second-order valence-electron chi connectivity index (χ2n) is 10.1. The molecular weight excluding hydrogens is 528 g/mol. The van der Waals surface area contributed by atoms with Crippen molar-refractivity contribution in [3.05, 3.63) is 120 Å². The standard InChI is InChI=1S/C34H30N4O4/c1-23-2-3-27(34(40)37-29-12-14-30(15-13-29)38-18-20-41-21-19-38)22-31(23)24-4-6-26(7-5-24)33(39)36-28-10-8-25(9-11-28)32-16-17-35-42-32/h2-17,22H,18-21H2,1H3,(H,36,39)(H,37,40). The van der Waals surface area contributed by atoms with Gasteiger partial charge in [0.25, 0.3) is 11.8 Å². The minimum Gasteiger partial charge on any atom is -0.378 e. The van der Waals surface area contributed by atoms with Gasteiger partial charge in [-0.25, -0.2) is 0 Å². The second-order valence-corrected chi connectivity index (χ2v) is 10.1. The van der Waals surface area contributed by atoms with E-state index in [2.05, 4.69) is 20.7 Å². The number of carbonyl (C=O) groups is 2. The molecule has 0 aliphatic carbocycles. The van der Waals surface area contributed by atoms with E-state index in [-0.39, 0.29) is 11.8 Å². The number of rotatable bonds is 7. The van der Waals surface area contributed by atoms with Crippen molar-refractivity contribution in [1.29, 1.82) is 0 Å². The summed E-state index contributed by atoms with van der Waals surface area (Å²) in [6.45, 7) is 5.19. The minimum atomic E-state index is -0.210. The van der Waals surface area contributed by atoms with Crippen LogP contribution < -0.4 is 15.5 Å². The maximum absolute atomic E-state index is 13.1. The molecule has 6 rings (SSSR count). The maximum Gasteiger partial charge on any atom is 0.255 e. The molecule has 0 bridgehead atoms. The molecular formula is C34H30N4O4. The number of amides is 2. The molecule has 2 heterocycles. The Balaban J connectivity index is 1.11. The minimum absolute atomic E-state index is 0.180. The number of hydrogen-bond acceptors (Lipinski definition) is 6. The first-order valence-corrected chi connectivity index (χ1v) is 13.8. The van der Waals surface area contributed by atoms with E-state index in [4.69, 9.17) is 9.26 Å². The molecule has 2 amide bonds. The number of ether oxygens (including phenoxy) is 1. The van der Waals surface area contributed by atoms with Crippen LogP contribution in [0.2, 0.25) is 0 Å². The SMILES string of the molecule is Cc1ccc(C(=O)Nc2ccc(N3CCOCC3)cc2)cc1-c1ccc(C(=O)Nc2ccc(-c3ccno3)cc2)cc1. The lowest BCUT2D eigenvalue weighted by atomic mass is 9.97. The third kappa shape index (κ3) is 6.09. The molecule has 0 saturated carbocycles. The number of hydrogen-bond donors (Lipinski definition) is 2. The van der Waals surface area contributed by atoms with Gasteiger partial charge in [-0.1, -0.05) is 23.4 Å². The third-order valence-electron chi connectivity index (χ3n) is 7.32. The van der Waals surface area contributed by atoms with Crippen LogP contribution in [0.25, 0.3) is 22.5 Å². The van der Waals surface area contributed by atoms with E-state index in [1.807, 2.05) is 85.8 Å². The van der Waals surface area contributed by atoms with Crippen molar-refractivity contribution in [2.24, 2.45) is 0 Å². The Labute approximate surface area is 243 Å². The van der Waals surface area contributed by atoms with E-state index in [0.717, 1.165) is 59.9 Å². The zero-order chi connectivity index (χ0) is 28.9. The number of anilines is 3. The molecule has 2 N–H and O–H groups in total.